The van der Waals surface area contributed by atoms with Gasteiger partial charge < -0.3 is 15.3 Å². The molecular formula is C16H15ClN2O3. The molecule has 2 unspecified atom stereocenters. The highest BCUT2D eigenvalue weighted by Gasteiger charge is 2.33. The number of carbonyl (C=O) groups is 1. The topological polar surface area (TPSA) is 83.3 Å². The zero-order valence-corrected chi connectivity index (χ0v) is 12.6. The Bertz CT molecular complexity index is 659. The van der Waals surface area contributed by atoms with Gasteiger partial charge in [0.05, 0.1) is 18.9 Å². The van der Waals surface area contributed by atoms with Crippen molar-refractivity contribution in [3.8, 4) is 0 Å². The number of ether oxygens (including phenoxy) is 1. The number of methoxy groups -OCH3 is 1. The lowest BCUT2D eigenvalue weighted by molar-refractivity contribution is -0.146. The SMILES string of the molecule is COC(=O)C(C(=N)c1ccc(Cl)cc1)C(O)c1cccnc1. The van der Waals surface area contributed by atoms with Crippen LogP contribution in [0.2, 0.25) is 5.02 Å². The number of halogens is 1. The number of hydrogen-bond donors (Lipinski definition) is 2. The van der Waals surface area contributed by atoms with Crippen LogP contribution in [0, 0.1) is 11.3 Å². The largest absolute Gasteiger partial charge is 0.468 e. The van der Waals surface area contributed by atoms with Crippen molar-refractivity contribution < 1.29 is 14.6 Å². The Balaban J connectivity index is 2.36. The van der Waals surface area contributed by atoms with Gasteiger partial charge in [-0.05, 0) is 23.8 Å². The number of aliphatic hydroxyl groups is 1. The molecule has 0 fully saturated rings. The Morgan fingerprint density at radius 1 is 1.32 bits per heavy atom. The summed E-state index contributed by atoms with van der Waals surface area (Å²) < 4.78 is 4.74. The number of aromatic nitrogens is 1. The van der Waals surface area contributed by atoms with Gasteiger partial charge in [-0.25, -0.2) is 0 Å². The van der Waals surface area contributed by atoms with E-state index < -0.39 is 18.0 Å². The van der Waals surface area contributed by atoms with Crippen LogP contribution < -0.4 is 0 Å². The van der Waals surface area contributed by atoms with Crippen molar-refractivity contribution in [1.82, 2.24) is 4.98 Å². The predicted molar refractivity (Wildman–Crippen MR) is 83.0 cm³/mol. The second-order valence-corrected chi connectivity index (χ2v) is 5.09. The van der Waals surface area contributed by atoms with E-state index in [9.17, 15) is 9.90 Å². The van der Waals surface area contributed by atoms with Crippen LogP contribution in [0.3, 0.4) is 0 Å². The summed E-state index contributed by atoms with van der Waals surface area (Å²) in [5.41, 5.74) is 0.888. The molecule has 0 aliphatic carbocycles. The predicted octanol–water partition coefficient (Wildman–Crippen LogP) is 2.63. The van der Waals surface area contributed by atoms with E-state index in [-0.39, 0.29) is 5.71 Å². The fourth-order valence-corrected chi connectivity index (χ4v) is 2.21. The molecule has 5 nitrogen and oxygen atoms in total. The second-order valence-electron chi connectivity index (χ2n) is 4.65. The molecule has 1 aromatic heterocycles. The van der Waals surface area contributed by atoms with Gasteiger partial charge in [-0.2, -0.15) is 0 Å². The number of nitrogens with zero attached hydrogens (tertiary/aromatic N) is 1. The third-order valence-corrected chi connectivity index (χ3v) is 3.51. The maximum Gasteiger partial charge on any atom is 0.317 e. The van der Waals surface area contributed by atoms with Crippen molar-refractivity contribution in [2.24, 2.45) is 5.92 Å². The van der Waals surface area contributed by atoms with Crippen molar-refractivity contribution in [2.75, 3.05) is 7.11 Å². The molecule has 0 spiro atoms. The molecule has 22 heavy (non-hydrogen) atoms. The maximum atomic E-state index is 12.0. The molecule has 0 amide bonds. The van der Waals surface area contributed by atoms with E-state index in [0.29, 0.717) is 16.1 Å². The molecule has 2 atom stereocenters. The molecule has 0 saturated carbocycles. The van der Waals surface area contributed by atoms with E-state index >= 15 is 0 Å². The second kappa shape index (κ2) is 7.15. The Hall–Kier alpha value is -2.24. The Morgan fingerprint density at radius 2 is 2.00 bits per heavy atom. The highest BCUT2D eigenvalue weighted by Crippen LogP contribution is 2.26. The summed E-state index contributed by atoms with van der Waals surface area (Å²) in [6, 6.07) is 9.78. The molecule has 2 rings (SSSR count). The van der Waals surface area contributed by atoms with Crippen molar-refractivity contribution in [3.63, 3.8) is 0 Å². The van der Waals surface area contributed by atoms with Crippen LogP contribution >= 0.6 is 11.6 Å². The molecule has 0 aliphatic heterocycles. The van der Waals surface area contributed by atoms with Gasteiger partial charge in [-0.3, -0.25) is 9.78 Å². The number of hydrogen-bond acceptors (Lipinski definition) is 5. The standard InChI is InChI=1S/C16H15ClN2O3/c1-22-16(21)13(15(20)11-3-2-8-19-9-11)14(18)10-4-6-12(17)7-5-10/h2-9,13,15,18,20H,1H3. The minimum absolute atomic E-state index is 0.0418. The van der Waals surface area contributed by atoms with Crippen molar-refractivity contribution in [2.45, 2.75) is 6.10 Å². The van der Waals surface area contributed by atoms with Crippen molar-refractivity contribution in [3.05, 3.63) is 64.9 Å². The quantitative estimate of drug-likeness (QED) is 0.655. The minimum atomic E-state index is -1.22. The van der Waals surface area contributed by atoms with E-state index in [1.165, 1.54) is 13.3 Å². The number of benzene rings is 1. The van der Waals surface area contributed by atoms with Crippen LogP contribution in [0.25, 0.3) is 0 Å². The zero-order chi connectivity index (χ0) is 16.1. The van der Waals surface area contributed by atoms with Gasteiger partial charge in [0.1, 0.15) is 5.92 Å². The molecule has 114 valence electrons. The van der Waals surface area contributed by atoms with Gasteiger partial charge in [0, 0.05) is 23.0 Å². The summed E-state index contributed by atoms with van der Waals surface area (Å²) in [5, 5.41) is 19.2. The van der Waals surface area contributed by atoms with Gasteiger partial charge in [0.25, 0.3) is 0 Å². The molecule has 2 aromatic rings. The number of pyridine rings is 1. The van der Waals surface area contributed by atoms with Gasteiger partial charge in [0.2, 0.25) is 0 Å². The van der Waals surface area contributed by atoms with Crippen LogP contribution in [-0.2, 0) is 9.53 Å². The molecule has 2 N–H and O–H groups in total. The number of carbonyl (C=O) groups excluding carboxylic acids is 1. The van der Waals surface area contributed by atoms with Crippen molar-refractivity contribution >= 4 is 23.3 Å². The molecular weight excluding hydrogens is 304 g/mol. The average molecular weight is 319 g/mol. The summed E-state index contributed by atoms with van der Waals surface area (Å²) in [5.74, 6) is -1.83. The summed E-state index contributed by atoms with van der Waals surface area (Å²) in [4.78, 5) is 16.0. The van der Waals surface area contributed by atoms with Gasteiger partial charge in [0.15, 0.2) is 0 Å². The lowest BCUT2D eigenvalue weighted by Gasteiger charge is -2.22. The van der Waals surface area contributed by atoms with E-state index in [0.717, 1.165) is 0 Å². The fourth-order valence-electron chi connectivity index (χ4n) is 2.08. The van der Waals surface area contributed by atoms with Crippen LogP contribution in [0.4, 0.5) is 0 Å². The maximum absolute atomic E-state index is 12.0. The van der Waals surface area contributed by atoms with E-state index in [1.54, 1.807) is 42.6 Å². The fraction of sp³-hybridized carbons (Fsp3) is 0.188. The van der Waals surface area contributed by atoms with Gasteiger partial charge in [-0.1, -0.05) is 29.8 Å². The first kappa shape index (κ1) is 16.1. The number of esters is 1. The monoisotopic (exact) mass is 318 g/mol. The number of nitrogens with one attached hydrogen (secondary N) is 1. The summed E-state index contributed by atoms with van der Waals surface area (Å²) in [6.07, 6.45) is 1.80. The molecule has 0 aliphatic rings. The average Bonchev–Trinajstić information content (AvgIpc) is 2.56. The first-order valence-corrected chi connectivity index (χ1v) is 6.92. The molecule has 6 heteroatoms. The smallest absolute Gasteiger partial charge is 0.317 e. The normalized spacial score (nSPS) is 13.2. The van der Waals surface area contributed by atoms with Crippen LogP contribution in [-0.4, -0.2) is 28.9 Å². The molecule has 1 heterocycles. The summed E-state index contributed by atoms with van der Waals surface area (Å²) in [6.45, 7) is 0. The van der Waals surface area contributed by atoms with Crippen LogP contribution in [0.5, 0.6) is 0 Å². The third-order valence-electron chi connectivity index (χ3n) is 3.26. The van der Waals surface area contributed by atoms with E-state index in [2.05, 4.69) is 4.98 Å². The number of aliphatic hydroxyl groups excluding tert-OH is 1. The highest BCUT2D eigenvalue weighted by atomic mass is 35.5. The lowest BCUT2D eigenvalue weighted by Crippen LogP contribution is -2.31. The first-order valence-electron chi connectivity index (χ1n) is 6.54. The highest BCUT2D eigenvalue weighted by molar-refractivity contribution is 6.30. The molecule has 0 saturated heterocycles. The van der Waals surface area contributed by atoms with E-state index in [1.807, 2.05) is 0 Å². The van der Waals surface area contributed by atoms with E-state index in [4.69, 9.17) is 21.7 Å². The Kier molecular flexibility index (Phi) is 5.25. The molecule has 1 aromatic carbocycles. The molecule has 0 radical (unpaired) electrons. The minimum Gasteiger partial charge on any atom is -0.468 e. The van der Waals surface area contributed by atoms with Crippen LogP contribution in [0.1, 0.15) is 17.2 Å². The zero-order valence-electron chi connectivity index (χ0n) is 11.9. The van der Waals surface area contributed by atoms with Gasteiger partial charge >= 0.3 is 5.97 Å². The van der Waals surface area contributed by atoms with Gasteiger partial charge in [-0.15, -0.1) is 0 Å². The first-order chi connectivity index (χ1) is 10.5. The summed E-state index contributed by atoms with van der Waals surface area (Å²) >= 11 is 5.82. The Labute approximate surface area is 133 Å². The molecule has 0 bridgehead atoms. The van der Waals surface area contributed by atoms with Crippen molar-refractivity contribution in [1.29, 1.82) is 5.41 Å². The Morgan fingerprint density at radius 3 is 2.55 bits per heavy atom. The number of rotatable bonds is 5. The lowest BCUT2D eigenvalue weighted by atomic mass is 9.88. The van der Waals surface area contributed by atoms with Crippen LogP contribution in [0.15, 0.2) is 48.8 Å². The summed E-state index contributed by atoms with van der Waals surface area (Å²) in [7, 11) is 1.22. The third kappa shape index (κ3) is 3.50.